The van der Waals surface area contributed by atoms with Gasteiger partial charge in [0.15, 0.2) is 5.96 Å². The largest absolute Gasteiger partial charge is 0.469 e. The minimum Gasteiger partial charge on any atom is -0.469 e. The summed E-state index contributed by atoms with van der Waals surface area (Å²) in [6, 6.07) is 10.5. The third-order valence-corrected chi connectivity index (χ3v) is 4.84. The van der Waals surface area contributed by atoms with Crippen molar-refractivity contribution in [3.63, 3.8) is 0 Å². The zero-order valence-corrected chi connectivity index (χ0v) is 18.7. The molecule has 1 heterocycles. The quantitative estimate of drug-likeness (QED) is 0.290. The van der Waals surface area contributed by atoms with Crippen LogP contribution in [0.25, 0.3) is 0 Å². The third kappa shape index (κ3) is 8.31. The minimum atomic E-state index is -3.67. The Hall–Kier alpha value is -1.59. The van der Waals surface area contributed by atoms with Crippen molar-refractivity contribution in [2.24, 2.45) is 10.1 Å². The number of sulfonamides is 1. The van der Waals surface area contributed by atoms with Crippen molar-refractivity contribution in [1.82, 2.24) is 10.6 Å². The summed E-state index contributed by atoms with van der Waals surface area (Å²) < 4.78 is 27.9. The molecule has 9 heteroatoms. The van der Waals surface area contributed by atoms with E-state index in [2.05, 4.69) is 29.5 Å². The van der Waals surface area contributed by atoms with E-state index in [-0.39, 0.29) is 34.9 Å². The number of furan rings is 1. The molecule has 1 unspecified atom stereocenters. The van der Waals surface area contributed by atoms with E-state index in [0.29, 0.717) is 19.0 Å². The summed E-state index contributed by atoms with van der Waals surface area (Å²) >= 11 is 0. The van der Waals surface area contributed by atoms with Crippen molar-refractivity contribution < 1.29 is 12.8 Å². The predicted octanol–water partition coefficient (Wildman–Crippen LogP) is 2.62. The van der Waals surface area contributed by atoms with Crippen LogP contribution >= 0.6 is 24.0 Å². The molecule has 1 aromatic carbocycles. The van der Waals surface area contributed by atoms with Gasteiger partial charge in [-0.2, -0.15) is 0 Å². The SMILES string of the molecule is CCC(C)NC(=NCc1ccc(S(N)(=O)=O)cc1)NCCc1ccco1.I. The third-order valence-electron chi connectivity index (χ3n) is 3.91. The van der Waals surface area contributed by atoms with E-state index in [1.807, 2.05) is 12.1 Å². The first kappa shape index (κ1) is 23.4. The molecule has 0 saturated carbocycles. The zero-order valence-electron chi connectivity index (χ0n) is 15.5. The monoisotopic (exact) mass is 506 g/mol. The number of guanidine groups is 1. The molecule has 0 spiro atoms. The highest BCUT2D eigenvalue weighted by Gasteiger charge is 2.07. The van der Waals surface area contributed by atoms with Gasteiger partial charge in [0, 0.05) is 19.0 Å². The molecule has 1 atom stereocenters. The number of nitrogens with zero attached hydrogens (tertiary/aromatic N) is 1. The molecule has 0 saturated heterocycles. The number of aliphatic imine (C=N–C) groups is 1. The van der Waals surface area contributed by atoms with Gasteiger partial charge < -0.3 is 15.1 Å². The molecule has 0 aliphatic carbocycles. The van der Waals surface area contributed by atoms with E-state index >= 15 is 0 Å². The molecule has 0 fully saturated rings. The lowest BCUT2D eigenvalue weighted by Gasteiger charge is -2.17. The number of primary sulfonamides is 1. The van der Waals surface area contributed by atoms with E-state index in [0.717, 1.165) is 24.2 Å². The molecule has 4 N–H and O–H groups in total. The lowest BCUT2D eigenvalue weighted by Crippen LogP contribution is -2.42. The summed E-state index contributed by atoms with van der Waals surface area (Å²) in [6.45, 7) is 5.31. The van der Waals surface area contributed by atoms with Crippen molar-refractivity contribution in [3.8, 4) is 0 Å². The topological polar surface area (TPSA) is 110 Å². The molecule has 0 aliphatic rings. The molecule has 7 nitrogen and oxygen atoms in total. The molecule has 0 bridgehead atoms. The van der Waals surface area contributed by atoms with Crippen LogP contribution in [-0.4, -0.2) is 27.0 Å². The zero-order chi connectivity index (χ0) is 19.0. The Morgan fingerprint density at radius 1 is 1.26 bits per heavy atom. The fraction of sp³-hybridized carbons (Fsp3) is 0.389. The fourth-order valence-electron chi connectivity index (χ4n) is 2.20. The number of halogens is 1. The first-order valence-electron chi connectivity index (χ1n) is 8.57. The van der Waals surface area contributed by atoms with Gasteiger partial charge >= 0.3 is 0 Å². The lowest BCUT2D eigenvalue weighted by atomic mass is 10.2. The van der Waals surface area contributed by atoms with Gasteiger partial charge in [0.25, 0.3) is 0 Å². The standard InChI is InChI=1S/C18H26N4O3S.HI/c1-3-14(2)22-18(20-11-10-16-5-4-12-25-16)21-13-15-6-8-17(9-7-15)26(19,23)24;/h4-9,12,14H,3,10-11,13H2,1-2H3,(H2,19,23,24)(H2,20,21,22);1H. The summed E-state index contributed by atoms with van der Waals surface area (Å²) in [5.74, 6) is 1.63. The van der Waals surface area contributed by atoms with E-state index in [1.54, 1.807) is 18.4 Å². The first-order chi connectivity index (χ1) is 12.4. The van der Waals surface area contributed by atoms with Crippen LogP contribution in [0, 0.1) is 0 Å². The molecular weight excluding hydrogens is 479 g/mol. The Kier molecular flexibility index (Phi) is 9.81. The average Bonchev–Trinajstić information content (AvgIpc) is 3.12. The number of nitrogens with two attached hydrogens (primary N) is 1. The van der Waals surface area contributed by atoms with E-state index in [4.69, 9.17) is 9.56 Å². The molecule has 27 heavy (non-hydrogen) atoms. The van der Waals surface area contributed by atoms with E-state index < -0.39 is 10.0 Å². The molecule has 2 rings (SSSR count). The molecular formula is C18H27IN4O3S. The minimum absolute atomic E-state index is 0. The van der Waals surface area contributed by atoms with Gasteiger partial charge in [-0.05, 0) is 43.2 Å². The van der Waals surface area contributed by atoms with E-state index in [1.165, 1.54) is 12.1 Å². The van der Waals surface area contributed by atoms with Crippen molar-refractivity contribution >= 4 is 40.0 Å². The second-order valence-electron chi connectivity index (χ2n) is 6.06. The summed E-state index contributed by atoms with van der Waals surface area (Å²) in [7, 11) is -3.67. The van der Waals surface area contributed by atoms with Gasteiger partial charge in [-0.3, -0.25) is 0 Å². The number of hydrogen-bond donors (Lipinski definition) is 3. The smallest absolute Gasteiger partial charge is 0.238 e. The molecule has 2 aromatic rings. The summed E-state index contributed by atoms with van der Waals surface area (Å²) in [6.07, 6.45) is 3.39. The van der Waals surface area contributed by atoms with Crippen LogP contribution < -0.4 is 15.8 Å². The Balaban J connectivity index is 0.00000364. The van der Waals surface area contributed by atoms with Crippen LogP contribution in [0.2, 0.25) is 0 Å². The van der Waals surface area contributed by atoms with Crippen LogP contribution in [0.5, 0.6) is 0 Å². The summed E-state index contributed by atoms with van der Waals surface area (Å²) in [5.41, 5.74) is 0.897. The van der Waals surface area contributed by atoms with Gasteiger partial charge in [0.2, 0.25) is 10.0 Å². The molecule has 0 radical (unpaired) electrons. The maximum atomic E-state index is 11.3. The van der Waals surface area contributed by atoms with Crippen molar-refractivity contribution in [2.45, 2.75) is 44.2 Å². The molecule has 0 aliphatic heterocycles. The van der Waals surface area contributed by atoms with Crippen molar-refractivity contribution in [3.05, 3.63) is 54.0 Å². The number of benzene rings is 1. The van der Waals surface area contributed by atoms with Crippen LogP contribution in [0.1, 0.15) is 31.6 Å². The highest BCUT2D eigenvalue weighted by atomic mass is 127. The van der Waals surface area contributed by atoms with Gasteiger partial charge in [0.1, 0.15) is 5.76 Å². The van der Waals surface area contributed by atoms with Gasteiger partial charge in [-0.25, -0.2) is 18.5 Å². The Labute approximate surface area is 177 Å². The maximum Gasteiger partial charge on any atom is 0.238 e. The molecule has 150 valence electrons. The Bertz CT molecular complexity index is 806. The second-order valence-corrected chi connectivity index (χ2v) is 7.62. The average molecular weight is 506 g/mol. The van der Waals surface area contributed by atoms with Crippen LogP contribution in [0.15, 0.2) is 57.0 Å². The Morgan fingerprint density at radius 3 is 2.52 bits per heavy atom. The highest BCUT2D eigenvalue weighted by Crippen LogP contribution is 2.09. The fourth-order valence-corrected chi connectivity index (χ4v) is 2.72. The van der Waals surface area contributed by atoms with Gasteiger partial charge in [-0.1, -0.05) is 19.1 Å². The lowest BCUT2D eigenvalue weighted by molar-refractivity contribution is 0.506. The predicted molar refractivity (Wildman–Crippen MR) is 118 cm³/mol. The normalized spacial score (nSPS) is 12.9. The first-order valence-corrected chi connectivity index (χ1v) is 10.1. The highest BCUT2D eigenvalue weighted by molar-refractivity contribution is 14.0. The second kappa shape index (κ2) is 11.3. The number of nitrogens with one attached hydrogen (secondary N) is 2. The van der Waals surface area contributed by atoms with Crippen LogP contribution in [0.3, 0.4) is 0 Å². The van der Waals surface area contributed by atoms with Crippen molar-refractivity contribution in [1.29, 1.82) is 0 Å². The number of hydrogen-bond acceptors (Lipinski definition) is 4. The van der Waals surface area contributed by atoms with E-state index in [9.17, 15) is 8.42 Å². The summed E-state index contributed by atoms with van der Waals surface area (Å²) in [5, 5.41) is 11.7. The molecule has 1 aromatic heterocycles. The van der Waals surface area contributed by atoms with Crippen molar-refractivity contribution in [2.75, 3.05) is 6.54 Å². The molecule has 0 amide bonds. The Morgan fingerprint density at radius 2 is 1.96 bits per heavy atom. The maximum absolute atomic E-state index is 11.3. The van der Waals surface area contributed by atoms with Gasteiger partial charge in [-0.15, -0.1) is 24.0 Å². The number of rotatable bonds is 8. The van der Waals surface area contributed by atoms with Crippen LogP contribution in [0.4, 0.5) is 0 Å². The van der Waals surface area contributed by atoms with Crippen LogP contribution in [-0.2, 0) is 23.0 Å². The summed E-state index contributed by atoms with van der Waals surface area (Å²) in [4.78, 5) is 4.67. The van der Waals surface area contributed by atoms with Gasteiger partial charge in [0.05, 0.1) is 17.7 Å².